The minimum absolute atomic E-state index is 0.0630. The Labute approximate surface area is 271 Å². The molecule has 258 valence electrons. The van der Waals surface area contributed by atoms with Crippen LogP contribution in [0.25, 0.3) is 10.9 Å². The molecule has 1 aliphatic carbocycles. The lowest BCUT2D eigenvalue weighted by Crippen LogP contribution is -2.58. The van der Waals surface area contributed by atoms with Crippen molar-refractivity contribution >= 4 is 28.8 Å². The third kappa shape index (κ3) is 8.35. The number of alkyl carbamates (subject to hydrolysis) is 1. The lowest BCUT2D eigenvalue weighted by molar-refractivity contribution is -0.145. The van der Waals surface area contributed by atoms with Gasteiger partial charge >= 0.3 is 12.3 Å². The number of amides is 3. The molecule has 4 rings (SSSR count). The molecule has 0 bridgehead atoms. The van der Waals surface area contributed by atoms with Crippen LogP contribution in [0.5, 0.6) is 17.4 Å². The summed E-state index contributed by atoms with van der Waals surface area (Å²) in [5, 5.41) is 5.68. The highest BCUT2D eigenvalue weighted by Gasteiger charge is 2.48. The normalized spacial score (nSPS) is 21.9. The number of methoxy groups -OCH3 is 2. The number of halogens is 3. The number of benzene rings is 1. The van der Waals surface area contributed by atoms with Gasteiger partial charge in [-0.05, 0) is 44.6 Å². The van der Waals surface area contributed by atoms with E-state index in [-0.39, 0.29) is 47.3 Å². The number of ether oxygens (including phenoxy) is 4. The summed E-state index contributed by atoms with van der Waals surface area (Å²) in [5.74, 6) is -2.44. The fourth-order valence-corrected chi connectivity index (χ4v) is 5.34. The maximum absolute atomic E-state index is 14.2. The van der Waals surface area contributed by atoms with Gasteiger partial charge in [-0.2, -0.15) is 18.2 Å². The van der Waals surface area contributed by atoms with Gasteiger partial charge in [0.1, 0.15) is 23.8 Å². The Morgan fingerprint density at radius 2 is 1.66 bits per heavy atom. The first-order chi connectivity index (χ1) is 21.7. The topological polar surface area (TPSA) is 141 Å². The summed E-state index contributed by atoms with van der Waals surface area (Å²) in [5.41, 5.74) is -1.77. The Morgan fingerprint density at radius 3 is 2.19 bits per heavy atom. The smallest absolute Gasteiger partial charge is 0.451 e. The van der Waals surface area contributed by atoms with Gasteiger partial charge in [0.2, 0.25) is 23.5 Å². The van der Waals surface area contributed by atoms with E-state index in [9.17, 15) is 27.6 Å². The maximum atomic E-state index is 14.2. The van der Waals surface area contributed by atoms with Gasteiger partial charge in [0.05, 0.1) is 31.7 Å². The van der Waals surface area contributed by atoms with Crippen molar-refractivity contribution in [3.8, 4) is 17.4 Å². The van der Waals surface area contributed by atoms with Crippen molar-refractivity contribution in [3.63, 3.8) is 0 Å². The molecule has 47 heavy (non-hydrogen) atoms. The predicted octanol–water partition coefficient (Wildman–Crippen LogP) is 4.64. The van der Waals surface area contributed by atoms with E-state index >= 15 is 0 Å². The third-order valence-corrected chi connectivity index (χ3v) is 7.79. The molecule has 1 aliphatic heterocycles. The van der Waals surface area contributed by atoms with E-state index in [1.165, 1.54) is 31.3 Å². The number of carbonyl (C=O) groups excluding carboxylic acids is 3. The molecule has 12 nitrogen and oxygen atoms in total. The van der Waals surface area contributed by atoms with Gasteiger partial charge in [-0.1, -0.05) is 26.8 Å². The second-order valence-corrected chi connectivity index (χ2v) is 13.8. The van der Waals surface area contributed by atoms with Crippen LogP contribution in [0.3, 0.4) is 0 Å². The Hall–Kier alpha value is -4.30. The predicted molar refractivity (Wildman–Crippen MR) is 165 cm³/mol. The number of nitrogens with zero attached hydrogens (tertiary/aromatic N) is 3. The Bertz CT molecular complexity index is 1540. The molecule has 2 aromatic rings. The highest BCUT2D eigenvalue weighted by Crippen LogP contribution is 2.39. The standard InChI is InChI=1S/C32H42F3N5O7/c1-10-16-11-19(16)36-25(41)21-12-17(15-40(21)27(42)24(30(2,3)4)38-29(43)47-31(5,6)7)46-26-18-13-22(44-8)23(45-9)14-20(18)37-28(39-26)32(33,34)35/h10,13-14,16-17,19,21,24H,1,11-12,15H2,2-9H3,(H,36,41)(H,38,43)/t16?,17-,19?,21?,24?/m1/s1. The van der Waals surface area contributed by atoms with Crippen molar-refractivity contribution in [2.24, 2.45) is 11.3 Å². The molecule has 1 aromatic heterocycles. The molecule has 2 N–H and O–H groups in total. The molecule has 2 fully saturated rings. The Kier molecular flexibility index (Phi) is 9.89. The molecule has 4 unspecified atom stereocenters. The summed E-state index contributed by atoms with van der Waals surface area (Å²) >= 11 is 0. The number of likely N-dealkylation sites (tertiary alicyclic amines) is 1. The number of fused-ring (bicyclic) bond motifs is 1. The van der Waals surface area contributed by atoms with Crippen molar-refractivity contribution in [1.82, 2.24) is 25.5 Å². The minimum Gasteiger partial charge on any atom is -0.493 e. The van der Waals surface area contributed by atoms with Crippen LogP contribution in [0, 0.1) is 11.3 Å². The average molecular weight is 666 g/mol. The quantitative estimate of drug-likeness (QED) is 0.367. The largest absolute Gasteiger partial charge is 0.493 e. The van der Waals surface area contributed by atoms with Crippen LogP contribution in [-0.4, -0.2) is 83.4 Å². The van der Waals surface area contributed by atoms with E-state index in [1.54, 1.807) is 47.6 Å². The van der Waals surface area contributed by atoms with E-state index in [4.69, 9.17) is 18.9 Å². The third-order valence-electron chi connectivity index (χ3n) is 7.79. The van der Waals surface area contributed by atoms with E-state index in [1.807, 2.05) is 0 Å². The highest BCUT2D eigenvalue weighted by atomic mass is 19.4. The van der Waals surface area contributed by atoms with Gasteiger partial charge in [-0.3, -0.25) is 9.59 Å². The van der Waals surface area contributed by atoms with Gasteiger partial charge in [-0.25, -0.2) is 9.78 Å². The molecule has 2 heterocycles. The Balaban J connectivity index is 1.71. The number of aromatic nitrogens is 2. The molecule has 3 amide bonds. The number of nitrogens with one attached hydrogen (secondary N) is 2. The zero-order valence-electron chi connectivity index (χ0n) is 27.8. The van der Waals surface area contributed by atoms with Crippen LogP contribution in [0.2, 0.25) is 0 Å². The molecule has 0 radical (unpaired) electrons. The van der Waals surface area contributed by atoms with Crippen LogP contribution in [0.4, 0.5) is 18.0 Å². The molecule has 5 atom stereocenters. The van der Waals surface area contributed by atoms with E-state index < -0.39 is 65.0 Å². The maximum Gasteiger partial charge on any atom is 0.451 e. The molecule has 2 aliphatic rings. The highest BCUT2D eigenvalue weighted by molar-refractivity contribution is 5.93. The summed E-state index contributed by atoms with van der Waals surface area (Å²) in [6.07, 6.45) is -4.32. The van der Waals surface area contributed by atoms with Crippen LogP contribution >= 0.6 is 0 Å². The van der Waals surface area contributed by atoms with Crippen LogP contribution in [0.15, 0.2) is 24.8 Å². The van der Waals surface area contributed by atoms with Crippen LogP contribution < -0.4 is 24.8 Å². The number of hydrogen-bond acceptors (Lipinski definition) is 9. The monoisotopic (exact) mass is 665 g/mol. The molecule has 15 heteroatoms. The number of hydrogen-bond donors (Lipinski definition) is 2. The molecule has 0 spiro atoms. The van der Waals surface area contributed by atoms with Crippen LogP contribution in [0.1, 0.15) is 60.2 Å². The van der Waals surface area contributed by atoms with Gasteiger partial charge in [0.15, 0.2) is 11.5 Å². The Morgan fingerprint density at radius 1 is 1.02 bits per heavy atom. The van der Waals surface area contributed by atoms with Crippen molar-refractivity contribution in [2.75, 3.05) is 20.8 Å². The summed E-state index contributed by atoms with van der Waals surface area (Å²) in [4.78, 5) is 49.2. The molecule has 1 aromatic carbocycles. The first kappa shape index (κ1) is 35.6. The van der Waals surface area contributed by atoms with E-state index in [0.29, 0.717) is 6.42 Å². The van der Waals surface area contributed by atoms with Gasteiger partial charge in [0.25, 0.3) is 0 Å². The van der Waals surface area contributed by atoms with Crippen molar-refractivity contribution in [3.05, 3.63) is 30.6 Å². The van der Waals surface area contributed by atoms with Crippen molar-refractivity contribution in [1.29, 1.82) is 0 Å². The van der Waals surface area contributed by atoms with Crippen molar-refractivity contribution in [2.45, 2.75) is 90.4 Å². The summed E-state index contributed by atoms with van der Waals surface area (Å²) in [6, 6.07) is 0.336. The first-order valence-electron chi connectivity index (χ1n) is 15.2. The second kappa shape index (κ2) is 13.1. The number of carbonyl (C=O) groups is 3. The zero-order valence-corrected chi connectivity index (χ0v) is 27.8. The summed E-state index contributed by atoms with van der Waals surface area (Å²) in [7, 11) is 2.70. The number of alkyl halides is 3. The van der Waals surface area contributed by atoms with Gasteiger partial charge < -0.3 is 34.5 Å². The average Bonchev–Trinajstić information content (AvgIpc) is 3.58. The van der Waals surface area contributed by atoms with Crippen molar-refractivity contribution < 1.29 is 46.5 Å². The fraction of sp³-hybridized carbons (Fsp3) is 0.594. The SMILES string of the molecule is C=CC1CC1NC(=O)C1C[C@@H](Oc2nc(C(F)(F)F)nc3cc(OC)c(OC)cc23)CN1C(=O)C(NC(=O)OC(C)(C)C)C(C)(C)C. The lowest BCUT2D eigenvalue weighted by Gasteiger charge is -2.35. The van der Waals surface area contributed by atoms with Gasteiger partial charge in [0, 0.05) is 18.5 Å². The molecule has 1 saturated heterocycles. The lowest BCUT2D eigenvalue weighted by atomic mass is 9.85. The number of rotatable bonds is 9. The minimum atomic E-state index is -4.90. The molecular formula is C32H42F3N5O7. The molecule has 1 saturated carbocycles. The summed E-state index contributed by atoms with van der Waals surface area (Å²) in [6.45, 7) is 13.9. The zero-order chi connectivity index (χ0) is 35.1. The van der Waals surface area contributed by atoms with Gasteiger partial charge in [-0.15, -0.1) is 6.58 Å². The van der Waals surface area contributed by atoms with E-state index in [2.05, 4.69) is 27.2 Å². The van der Waals surface area contributed by atoms with E-state index in [0.717, 1.165) is 0 Å². The second-order valence-electron chi connectivity index (χ2n) is 13.8. The first-order valence-corrected chi connectivity index (χ1v) is 15.2. The summed E-state index contributed by atoms with van der Waals surface area (Å²) < 4.78 is 63.7. The molecular weight excluding hydrogens is 623 g/mol. The fourth-order valence-electron chi connectivity index (χ4n) is 5.34. The van der Waals surface area contributed by atoms with Crippen LogP contribution in [-0.2, 0) is 20.5 Å².